The van der Waals surface area contributed by atoms with Gasteiger partial charge in [-0.2, -0.15) is 0 Å². The molecule has 6 heteroatoms. The molecule has 1 saturated heterocycles. The third-order valence-electron chi connectivity index (χ3n) is 4.76. The van der Waals surface area contributed by atoms with E-state index < -0.39 is 0 Å². The molecule has 1 aromatic carbocycles. The van der Waals surface area contributed by atoms with Gasteiger partial charge in [0, 0.05) is 37.4 Å². The van der Waals surface area contributed by atoms with E-state index in [1.807, 2.05) is 47.5 Å². The van der Waals surface area contributed by atoms with Crippen LogP contribution >= 0.6 is 11.3 Å². The predicted molar refractivity (Wildman–Crippen MR) is 103 cm³/mol. The van der Waals surface area contributed by atoms with E-state index in [1.165, 1.54) is 0 Å². The fraction of sp³-hybridized carbons (Fsp3) is 0.450. The number of amides is 2. The van der Waals surface area contributed by atoms with E-state index in [2.05, 4.69) is 10.3 Å². The first-order valence-corrected chi connectivity index (χ1v) is 10.00. The van der Waals surface area contributed by atoms with Gasteiger partial charge in [-0.25, -0.2) is 4.98 Å². The molecular weight excluding hydrogens is 346 g/mol. The average molecular weight is 372 g/mol. The van der Waals surface area contributed by atoms with Gasteiger partial charge in [0.25, 0.3) is 0 Å². The molecule has 2 aromatic rings. The maximum Gasteiger partial charge on any atom is 0.226 e. The van der Waals surface area contributed by atoms with Crippen LogP contribution in [0.15, 0.2) is 35.7 Å². The molecule has 1 fully saturated rings. The standard InChI is InChI=1S/C20H25N3O2S/c1-15-22-18(14-26-15)7-10-21-20(25)17-8-11-23(12-9-17)19(24)13-16-5-3-2-4-6-16/h2-6,14,17H,7-13H2,1H3,(H,21,25). The lowest BCUT2D eigenvalue weighted by molar-refractivity contribution is -0.135. The highest BCUT2D eigenvalue weighted by molar-refractivity contribution is 7.09. The monoisotopic (exact) mass is 371 g/mol. The molecule has 3 rings (SSSR count). The normalized spacial score (nSPS) is 15.0. The molecule has 0 atom stereocenters. The van der Waals surface area contributed by atoms with Crippen LogP contribution in [0, 0.1) is 12.8 Å². The smallest absolute Gasteiger partial charge is 0.226 e. The number of hydrogen-bond donors (Lipinski definition) is 1. The molecule has 1 N–H and O–H groups in total. The lowest BCUT2D eigenvalue weighted by Crippen LogP contribution is -2.43. The molecule has 26 heavy (non-hydrogen) atoms. The Morgan fingerprint density at radius 2 is 1.96 bits per heavy atom. The largest absolute Gasteiger partial charge is 0.355 e. The van der Waals surface area contributed by atoms with Crippen LogP contribution in [0.4, 0.5) is 0 Å². The molecule has 2 heterocycles. The molecular formula is C20H25N3O2S. The second-order valence-corrected chi connectivity index (χ2v) is 7.78. The molecule has 0 radical (unpaired) electrons. The number of aromatic nitrogens is 1. The summed E-state index contributed by atoms with van der Waals surface area (Å²) in [6.07, 6.45) is 2.68. The zero-order valence-electron chi connectivity index (χ0n) is 15.1. The fourth-order valence-corrected chi connectivity index (χ4v) is 3.90. The van der Waals surface area contributed by atoms with Crippen LogP contribution in [-0.4, -0.2) is 41.3 Å². The highest BCUT2D eigenvalue weighted by atomic mass is 32.1. The number of nitrogens with one attached hydrogen (secondary N) is 1. The number of carbonyl (C=O) groups is 2. The Morgan fingerprint density at radius 1 is 1.23 bits per heavy atom. The molecule has 0 bridgehead atoms. The van der Waals surface area contributed by atoms with Gasteiger partial charge in [0.15, 0.2) is 0 Å². The second-order valence-electron chi connectivity index (χ2n) is 6.72. The van der Waals surface area contributed by atoms with Gasteiger partial charge in [-0.1, -0.05) is 30.3 Å². The lowest BCUT2D eigenvalue weighted by Gasteiger charge is -2.31. The maximum absolute atomic E-state index is 12.4. The van der Waals surface area contributed by atoms with Crippen LogP contribution in [0.1, 0.15) is 29.1 Å². The zero-order chi connectivity index (χ0) is 18.4. The number of carbonyl (C=O) groups excluding carboxylic acids is 2. The van der Waals surface area contributed by atoms with Crippen molar-refractivity contribution < 1.29 is 9.59 Å². The number of nitrogens with zero attached hydrogens (tertiary/aromatic N) is 2. The Bertz CT molecular complexity index is 737. The summed E-state index contributed by atoms with van der Waals surface area (Å²) in [6.45, 7) is 3.93. The molecule has 0 saturated carbocycles. The summed E-state index contributed by atoms with van der Waals surface area (Å²) in [4.78, 5) is 31.0. The van der Waals surface area contributed by atoms with E-state index in [9.17, 15) is 9.59 Å². The lowest BCUT2D eigenvalue weighted by atomic mass is 9.95. The molecule has 1 aromatic heterocycles. The van der Waals surface area contributed by atoms with Crippen molar-refractivity contribution in [1.29, 1.82) is 0 Å². The molecule has 1 aliphatic heterocycles. The van der Waals surface area contributed by atoms with Crippen LogP contribution in [0.25, 0.3) is 0 Å². The maximum atomic E-state index is 12.4. The number of benzene rings is 1. The van der Waals surface area contributed by atoms with E-state index in [0.29, 0.717) is 26.1 Å². The van der Waals surface area contributed by atoms with Gasteiger partial charge in [0.05, 0.1) is 17.1 Å². The van der Waals surface area contributed by atoms with Crippen molar-refractivity contribution in [3.63, 3.8) is 0 Å². The van der Waals surface area contributed by atoms with Crippen LogP contribution in [0.2, 0.25) is 0 Å². The molecule has 1 aliphatic rings. The Balaban J connectivity index is 1.38. The van der Waals surface area contributed by atoms with Crippen LogP contribution in [-0.2, 0) is 22.4 Å². The summed E-state index contributed by atoms with van der Waals surface area (Å²) in [5.74, 6) is 0.258. The van der Waals surface area contributed by atoms with E-state index in [1.54, 1.807) is 11.3 Å². The quantitative estimate of drug-likeness (QED) is 0.849. The van der Waals surface area contributed by atoms with Crippen molar-refractivity contribution in [1.82, 2.24) is 15.2 Å². The van der Waals surface area contributed by atoms with Gasteiger partial charge in [0.2, 0.25) is 11.8 Å². The van der Waals surface area contributed by atoms with E-state index >= 15 is 0 Å². The van der Waals surface area contributed by atoms with Crippen molar-refractivity contribution in [2.75, 3.05) is 19.6 Å². The highest BCUT2D eigenvalue weighted by Gasteiger charge is 2.27. The Kier molecular flexibility index (Phi) is 6.39. The number of rotatable bonds is 6. The fourth-order valence-electron chi connectivity index (χ4n) is 3.25. The SMILES string of the molecule is Cc1nc(CCNC(=O)C2CCN(C(=O)Cc3ccccc3)CC2)cs1. The minimum absolute atomic E-state index is 0.00736. The predicted octanol–water partition coefficient (Wildman–Crippen LogP) is 2.59. The first kappa shape index (κ1) is 18.6. The molecule has 0 aliphatic carbocycles. The molecule has 0 spiro atoms. The van der Waals surface area contributed by atoms with Crippen LogP contribution in [0.3, 0.4) is 0 Å². The Morgan fingerprint density at radius 3 is 2.62 bits per heavy atom. The van der Waals surface area contributed by atoms with Crippen LogP contribution in [0.5, 0.6) is 0 Å². The van der Waals surface area contributed by atoms with Crippen molar-refractivity contribution in [2.45, 2.75) is 32.6 Å². The molecule has 5 nitrogen and oxygen atoms in total. The summed E-state index contributed by atoms with van der Waals surface area (Å²) < 4.78 is 0. The van der Waals surface area contributed by atoms with Crippen molar-refractivity contribution in [3.05, 3.63) is 52.0 Å². The molecule has 138 valence electrons. The van der Waals surface area contributed by atoms with Gasteiger partial charge in [0.1, 0.15) is 0 Å². The topological polar surface area (TPSA) is 62.3 Å². The third kappa shape index (κ3) is 5.14. The first-order chi connectivity index (χ1) is 12.6. The van der Waals surface area contributed by atoms with E-state index in [0.717, 1.165) is 35.5 Å². The van der Waals surface area contributed by atoms with Gasteiger partial charge < -0.3 is 10.2 Å². The summed E-state index contributed by atoms with van der Waals surface area (Å²) in [5, 5.41) is 6.11. The number of piperidine rings is 1. The van der Waals surface area contributed by atoms with Gasteiger partial charge >= 0.3 is 0 Å². The number of thiazole rings is 1. The third-order valence-corrected chi connectivity index (χ3v) is 5.59. The highest BCUT2D eigenvalue weighted by Crippen LogP contribution is 2.18. The van der Waals surface area contributed by atoms with Crippen molar-refractivity contribution in [3.8, 4) is 0 Å². The van der Waals surface area contributed by atoms with E-state index in [-0.39, 0.29) is 17.7 Å². The summed E-state index contributed by atoms with van der Waals surface area (Å²) in [5.41, 5.74) is 2.07. The average Bonchev–Trinajstić information content (AvgIpc) is 3.08. The van der Waals surface area contributed by atoms with Crippen molar-refractivity contribution >= 4 is 23.2 Å². The molecule has 2 amide bonds. The van der Waals surface area contributed by atoms with Crippen LogP contribution < -0.4 is 5.32 Å². The second kappa shape index (κ2) is 8.94. The zero-order valence-corrected chi connectivity index (χ0v) is 15.9. The summed E-state index contributed by atoms with van der Waals surface area (Å²) in [7, 11) is 0. The van der Waals surface area contributed by atoms with E-state index in [4.69, 9.17) is 0 Å². The Hall–Kier alpha value is -2.21. The van der Waals surface area contributed by atoms with Gasteiger partial charge in [-0.3, -0.25) is 9.59 Å². The number of aryl methyl sites for hydroxylation is 1. The summed E-state index contributed by atoms with van der Waals surface area (Å²) in [6, 6.07) is 9.80. The number of hydrogen-bond acceptors (Lipinski definition) is 4. The summed E-state index contributed by atoms with van der Waals surface area (Å²) >= 11 is 1.63. The van der Waals surface area contributed by atoms with Crippen molar-refractivity contribution in [2.24, 2.45) is 5.92 Å². The minimum atomic E-state index is 0.00736. The van der Waals surface area contributed by atoms with Gasteiger partial charge in [-0.05, 0) is 25.3 Å². The number of likely N-dealkylation sites (tertiary alicyclic amines) is 1. The van der Waals surface area contributed by atoms with Gasteiger partial charge in [-0.15, -0.1) is 11.3 Å². The minimum Gasteiger partial charge on any atom is -0.355 e. The first-order valence-electron chi connectivity index (χ1n) is 9.12. The molecule has 0 unspecified atom stereocenters. The Labute approximate surface area is 158 Å².